The van der Waals surface area contributed by atoms with Gasteiger partial charge in [0.1, 0.15) is 22.1 Å². The van der Waals surface area contributed by atoms with Crippen LogP contribution < -0.4 is 10.9 Å². The number of nitrogens with one attached hydrogen (secondary N) is 1. The minimum atomic E-state index is -0.680. The summed E-state index contributed by atoms with van der Waals surface area (Å²) in [6, 6.07) is 3.74. The smallest absolute Gasteiger partial charge is 0.341 e. The molecule has 0 atom stereocenters. The second kappa shape index (κ2) is 8.87. The van der Waals surface area contributed by atoms with Gasteiger partial charge in [0.05, 0.1) is 17.8 Å². The fraction of sp³-hybridized carbons (Fsp3) is 0.176. The molecule has 3 aromatic rings. The van der Waals surface area contributed by atoms with E-state index >= 15 is 0 Å². The Kier molecular flexibility index (Phi) is 6.50. The number of nitrogens with zero attached hydrogens (tertiary/aromatic N) is 2. The van der Waals surface area contributed by atoms with Crippen molar-refractivity contribution >= 4 is 62.8 Å². The molecule has 3 aromatic heterocycles. The molecule has 0 aliphatic carbocycles. The first-order valence-electron chi connectivity index (χ1n) is 7.95. The molecule has 1 N–H and O–H groups in total. The van der Waals surface area contributed by atoms with Gasteiger partial charge < -0.3 is 10.1 Å². The first-order valence-corrected chi connectivity index (χ1v) is 10.5. The molecule has 0 radical (unpaired) electrons. The summed E-state index contributed by atoms with van der Waals surface area (Å²) >= 11 is 14.2. The number of anilines is 1. The van der Waals surface area contributed by atoms with E-state index in [1.807, 2.05) is 17.5 Å². The monoisotopic (exact) mass is 457 g/mol. The summed E-state index contributed by atoms with van der Waals surface area (Å²) in [6.45, 7) is 1.52. The van der Waals surface area contributed by atoms with Crippen molar-refractivity contribution in [1.82, 2.24) is 9.78 Å². The summed E-state index contributed by atoms with van der Waals surface area (Å²) in [7, 11) is 0. The second-order valence-electron chi connectivity index (χ2n) is 5.37. The predicted molar refractivity (Wildman–Crippen MR) is 111 cm³/mol. The van der Waals surface area contributed by atoms with Crippen molar-refractivity contribution in [3.63, 3.8) is 0 Å². The lowest BCUT2D eigenvalue weighted by molar-refractivity contribution is -0.117. The van der Waals surface area contributed by atoms with Gasteiger partial charge in [0.15, 0.2) is 0 Å². The molecule has 1 amide bonds. The third-order valence-electron chi connectivity index (χ3n) is 3.55. The van der Waals surface area contributed by atoms with Crippen LogP contribution in [0.5, 0.6) is 0 Å². The van der Waals surface area contributed by atoms with E-state index in [1.54, 1.807) is 12.3 Å². The Morgan fingerprint density at radius 3 is 2.79 bits per heavy atom. The molecule has 28 heavy (non-hydrogen) atoms. The van der Waals surface area contributed by atoms with Crippen molar-refractivity contribution in [3.05, 3.63) is 55.1 Å². The van der Waals surface area contributed by atoms with Gasteiger partial charge in [-0.25, -0.2) is 9.48 Å². The maximum Gasteiger partial charge on any atom is 0.341 e. The quantitative estimate of drug-likeness (QED) is 0.561. The van der Waals surface area contributed by atoms with Crippen LogP contribution in [0.3, 0.4) is 0 Å². The van der Waals surface area contributed by atoms with Crippen molar-refractivity contribution < 1.29 is 14.3 Å². The summed E-state index contributed by atoms with van der Waals surface area (Å²) in [5, 5.41) is 10.2. The summed E-state index contributed by atoms with van der Waals surface area (Å²) in [5.74, 6) is -1.08. The van der Waals surface area contributed by atoms with Gasteiger partial charge in [0.25, 0.3) is 5.56 Å². The Labute approximate surface area is 177 Å². The maximum atomic E-state index is 12.5. The molecule has 0 spiro atoms. The number of hydrogen-bond acceptors (Lipinski definition) is 7. The fourth-order valence-corrected chi connectivity index (χ4v) is 4.39. The van der Waals surface area contributed by atoms with Crippen molar-refractivity contribution in [2.75, 3.05) is 11.9 Å². The maximum absolute atomic E-state index is 12.5. The number of amides is 1. The predicted octanol–water partition coefficient (Wildman–Crippen LogP) is 4.16. The van der Waals surface area contributed by atoms with Crippen molar-refractivity contribution in [1.29, 1.82) is 0 Å². The molecule has 3 heterocycles. The average Bonchev–Trinajstić information content (AvgIpc) is 3.32. The number of hydrogen-bond donors (Lipinski definition) is 1. The van der Waals surface area contributed by atoms with Gasteiger partial charge in [-0.2, -0.15) is 5.10 Å². The molecule has 0 fully saturated rings. The Bertz CT molecular complexity index is 1080. The van der Waals surface area contributed by atoms with Gasteiger partial charge in [0, 0.05) is 15.8 Å². The molecule has 146 valence electrons. The first-order chi connectivity index (χ1) is 13.4. The van der Waals surface area contributed by atoms with Gasteiger partial charge in [-0.05, 0) is 18.4 Å². The number of carbonyl (C=O) groups excluding carboxylic acids is 2. The Hall–Kier alpha value is -2.20. The van der Waals surface area contributed by atoms with Gasteiger partial charge in [0.2, 0.25) is 5.91 Å². The highest BCUT2D eigenvalue weighted by atomic mass is 35.5. The summed E-state index contributed by atoms with van der Waals surface area (Å²) in [5.41, 5.74) is 0.274. The lowest BCUT2D eigenvalue weighted by atomic mass is 10.1. The second-order valence-corrected chi connectivity index (χ2v) is 7.98. The molecule has 0 saturated heterocycles. The average molecular weight is 458 g/mol. The Balaban J connectivity index is 1.88. The van der Waals surface area contributed by atoms with Crippen molar-refractivity contribution in [3.8, 4) is 10.4 Å². The van der Waals surface area contributed by atoms with Crippen molar-refractivity contribution in [2.45, 2.75) is 13.5 Å². The van der Waals surface area contributed by atoms with Crippen LogP contribution >= 0.6 is 45.9 Å². The molecule has 7 nitrogen and oxygen atoms in total. The molecule has 3 rings (SSSR count). The highest BCUT2D eigenvalue weighted by molar-refractivity contribution is 7.17. The molecule has 0 aliphatic rings. The van der Waals surface area contributed by atoms with E-state index in [1.165, 1.54) is 28.9 Å². The van der Waals surface area contributed by atoms with E-state index in [9.17, 15) is 14.4 Å². The van der Waals surface area contributed by atoms with Gasteiger partial charge in [-0.15, -0.1) is 22.7 Å². The molecule has 0 bridgehead atoms. The van der Waals surface area contributed by atoms with Crippen LogP contribution in [0.15, 0.2) is 33.9 Å². The van der Waals surface area contributed by atoms with Gasteiger partial charge in [-0.1, -0.05) is 29.3 Å². The normalized spacial score (nSPS) is 10.7. The number of thiophene rings is 2. The third kappa shape index (κ3) is 4.27. The lowest BCUT2D eigenvalue weighted by Gasteiger charge is -2.09. The van der Waals surface area contributed by atoms with E-state index in [0.29, 0.717) is 10.6 Å². The van der Waals surface area contributed by atoms with Crippen LogP contribution in [-0.2, 0) is 16.1 Å². The molecule has 11 heteroatoms. The topological polar surface area (TPSA) is 90.3 Å². The minimum absolute atomic E-state index is 0.00627. The van der Waals surface area contributed by atoms with Crippen LogP contribution in [0.4, 0.5) is 5.00 Å². The number of halogens is 2. The van der Waals surface area contributed by atoms with E-state index < -0.39 is 17.4 Å². The Morgan fingerprint density at radius 1 is 1.32 bits per heavy atom. The highest BCUT2D eigenvalue weighted by Gasteiger charge is 2.23. The summed E-state index contributed by atoms with van der Waals surface area (Å²) < 4.78 is 6.03. The molecule has 0 aliphatic heterocycles. The van der Waals surface area contributed by atoms with Gasteiger partial charge in [-0.3, -0.25) is 9.59 Å². The van der Waals surface area contributed by atoms with Crippen molar-refractivity contribution in [2.24, 2.45) is 0 Å². The number of ether oxygens (including phenoxy) is 1. The van der Waals surface area contributed by atoms with E-state index in [2.05, 4.69) is 10.4 Å². The molecular weight excluding hydrogens is 445 g/mol. The SMILES string of the molecule is CCOC(=O)c1c(-c2cccs2)csc1NC(=O)Cn1ncc(Cl)c(Cl)c1=O. The number of rotatable bonds is 6. The zero-order valence-corrected chi connectivity index (χ0v) is 17.5. The summed E-state index contributed by atoms with van der Waals surface area (Å²) in [4.78, 5) is 37.8. The molecule has 0 saturated carbocycles. The largest absolute Gasteiger partial charge is 0.462 e. The number of esters is 1. The van der Waals surface area contributed by atoms with Crippen LogP contribution in [0.1, 0.15) is 17.3 Å². The van der Waals surface area contributed by atoms with Crippen LogP contribution in [0.25, 0.3) is 10.4 Å². The number of aromatic nitrogens is 2. The zero-order chi connectivity index (χ0) is 20.3. The van der Waals surface area contributed by atoms with E-state index in [-0.39, 0.29) is 28.8 Å². The van der Waals surface area contributed by atoms with Crippen LogP contribution in [0.2, 0.25) is 10.0 Å². The molecular formula is C17H13Cl2N3O4S2. The van der Waals surface area contributed by atoms with E-state index in [4.69, 9.17) is 27.9 Å². The summed E-state index contributed by atoms with van der Waals surface area (Å²) in [6.07, 6.45) is 1.18. The van der Waals surface area contributed by atoms with E-state index in [0.717, 1.165) is 9.56 Å². The van der Waals surface area contributed by atoms with Crippen LogP contribution in [-0.4, -0.2) is 28.3 Å². The highest BCUT2D eigenvalue weighted by Crippen LogP contribution is 2.38. The lowest BCUT2D eigenvalue weighted by Crippen LogP contribution is -2.30. The standard InChI is InChI=1S/C17H13Cl2N3O4S2/c1-2-26-17(25)13-9(11-4-3-5-27-11)8-28-15(13)21-12(23)7-22-16(24)14(19)10(18)6-20-22/h3-6,8H,2,7H2,1H3,(H,21,23). The fourth-order valence-electron chi connectivity index (χ4n) is 2.33. The third-order valence-corrected chi connectivity index (χ3v) is 6.09. The zero-order valence-electron chi connectivity index (χ0n) is 14.4. The molecule has 0 unspecified atom stereocenters. The Morgan fingerprint density at radius 2 is 2.11 bits per heavy atom. The minimum Gasteiger partial charge on any atom is -0.462 e. The first kappa shape index (κ1) is 20.5. The number of carbonyl (C=O) groups is 2. The molecule has 0 aromatic carbocycles. The van der Waals surface area contributed by atoms with Crippen LogP contribution in [0, 0.1) is 0 Å². The van der Waals surface area contributed by atoms with Gasteiger partial charge >= 0.3 is 5.97 Å².